The number of carbonyl (C=O) groups is 1. The van der Waals surface area contributed by atoms with Gasteiger partial charge in [0.15, 0.2) is 17.3 Å². The number of aryl methyl sites for hydroxylation is 1. The number of hydrogen-bond acceptors (Lipinski definition) is 6. The number of ether oxygens (including phenoxy) is 2. The largest absolute Gasteiger partial charge is 0.454 e. The van der Waals surface area contributed by atoms with Crippen LogP contribution in [0.15, 0.2) is 28.8 Å². The zero-order chi connectivity index (χ0) is 16.5. The van der Waals surface area contributed by atoms with E-state index in [2.05, 4.69) is 10.1 Å². The number of hydrogen-bond donors (Lipinski definition) is 0. The lowest BCUT2D eigenvalue weighted by Gasteiger charge is -2.20. The SMILES string of the molecule is Cc1noc([C@H]2CCCN2C(=O)/C=C/c2ccc3c(c2)OCO3)n1. The summed E-state index contributed by atoms with van der Waals surface area (Å²) in [6, 6.07) is 5.45. The third-order valence-corrected chi connectivity index (χ3v) is 4.18. The van der Waals surface area contributed by atoms with Crippen molar-refractivity contribution in [3.63, 3.8) is 0 Å². The van der Waals surface area contributed by atoms with E-state index in [0.717, 1.165) is 24.2 Å². The zero-order valence-corrected chi connectivity index (χ0v) is 13.3. The number of amides is 1. The van der Waals surface area contributed by atoms with Gasteiger partial charge in [0.2, 0.25) is 18.6 Å². The highest BCUT2D eigenvalue weighted by molar-refractivity contribution is 5.92. The van der Waals surface area contributed by atoms with Crippen LogP contribution in [0.4, 0.5) is 0 Å². The zero-order valence-electron chi connectivity index (χ0n) is 13.3. The van der Waals surface area contributed by atoms with E-state index in [1.54, 1.807) is 24.0 Å². The Kier molecular flexibility index (Phi) is 3.68. The molecule has 7 nitrogen and oxygen atoms in total. The molecule has 0 unspecified atom stereocenters. The van der Waals surface area contributed by atoms with E-state index in [0.29, 0.717) is 24.0 Å². The van der Waals surface area contributed by atoms with Gasteiger partial charge >= 0.3 is 0 Å². The summed E-state index contributed by atoms with van der Waals surface area (Å²) < 4.78 is 15.9. The summed E-state index contributed by atoms with van der Waals surface area (Å²) in [6.45, 7) is 2.70. The molecule has 4 rings (SSSR count). The summed E-state index contributed by atoms with van der Waals surface area (Å²) in [7, 11) is 0. The molecule has 0 spiro atoms. The lowest BCUT2D eigenvalue weighted by molar-refractivity contribution is -0.127. The van der Waals surface area contributed by atoms with Crippen molar-refractivity contribution in [2.75, 3.05) is 13.3 Å². The highest BCUT2D eigenvalue weighted by atomic mass is 16.7. The van der Waals surface area contributed by atoms with Crippen molar-refractivity contribution in [3.8, 4) is 11.5 Å². The minimum absolute atomic E-state index is 0.0639. The van der Waals surface area contributed by atoms with Gasteiger partial charge in [-0.25, -0.2) is 0 Å². The standard InChI is InChI=1S/C17H17N3O4/c1-11-18-17(24-19-11)13-3-2-8-20(13)16(21)7-5-12-4-6-14-15(9-12)23-10-22-14/h4-7,9,13H,2-3,8,10H2,1H3/b7-5+/t13-/m1/s1. The highest BCUT2D eigenvalue weighted by Gasteiger charge is 2.32. The summed E-state index contributed by atoms with van der Waals surface area (Å²) in [5, 5.41) is 3.81. The Balaban J connectivity index is 1.49. The Hall–Kier alpha value is -2.83. The van der Waals surface area contributed by atoms with E-state index in [9.17, 15) is 4.79 Å². The maximum absolute atomic E-state index is 12.5. The van der Waals surface area contributed by atoms with Crippen LogP contribution in [0.3, 0.4) is 0 Å². The van der Waals surface area contributed by atoms with Crippen molar-refractivity contribution in [1.82, 2.24) is 15.0 Å². The molecule has 1 fully saturated rings. The van der Waals surface area contributed by atoms with Crippen molar-refractivity contribution >= 4 is 12.0 Å². The average Bonchev–Trinajstić information content (AvgIpc) is 3.31. The topological polar surface area (TPSA) is 77.7 Å². The molecule has 0 bridgehead atoms. The number of fused-ring (bicyclic) bond motifs is 1. The number of benzene rings is 1. The van der Waals surface area contributed by atoms with E-state index in [-0.39, 0.29) is 18.7 Å². The summed E-state index contributed by atoms with van der Waals surface area (Å²) in [5.41, 5.74) is 0.886. The van der Waals surface area contributed by atoms with Gasteiger partial charge in [0, 0.05) is 12.6 Å². The van der Waals surface area contributed by atoms with Gasteiger partial charge in [-0.1, -0.05) is 11.2 Å². The molecule has 7 heteroatoms. The second kappa shape index (κ2) is 5.99. The molecule has 0 N–H and O–H groups in total. The molecule has 124 valence electrons. The van der Waals surface area contributed by atoms with E-state index in [1.165, 1.54) is 0 Å². The Labute approximate surface area is 138 Å². The summed E-state index contributed by atoms with van der Waals surface area (Å²) in [4.78, 5) is 18.6. The first-order valence-corrected chi connectivity index (χ1v) is 7.89. The van der Waals surface area contributed by atoms with Gasteiger partial charge in [0.1, 0.15) is 6.04 Å². The molecule has 2 aliphatic heterocycles. The van der Waals surface area contributed by atoms with Crippen LogP contribution in [0.2, 0.25) is 0 Å². The molecule has 1 aromatic carbocycles. The second-order valence-electron chi connectivity index (χ2n) is 5.82. The minimum Gasteiger partial charge on any atom is -0.454 e. The maximum Gasteiger partial charge on any atom is 0.249 e. The average molecular weight is 327 g/mol. The predicted octanol–water partition coefficient (Wildman–Crippen LogP) is 2.48. The van der Waals surface area contributed by atoms with E-state index in [1.807, 2.05) is 18.2 Å². The third kappa shape index (κ3) is 2.73. The number of rotatable bonds is 3. The molecule has 0 saturated carbocycles. The van der Waals surface area contributed by atoms with Crippen molar-refractivity contribution in [2.45, 2.75) is 25.8 Å². The first-order valence-electron chi connectivity index (χ1n) is 7.89. The van der Waals surface area contributed by atoms with Crippen LogP contribution in [0.5, 0.6) is 11.5 Å². The molecule has 1 atom stereocenters. The maximum atomic E-state index is 12.5. The lowest BCUT2D eigenvalue weighted by atomic mass is 10.2. The molecule has 0 aliphatic carbocycles. The van der Waals surface area contributed by atoms with E-state index < -0.39 is 0 Å². The van der Waals surface area contributed by atoms with E-state index >= 15 is 0 Å². The number of aromatic nitrogens is 2. The van der Waals surface area contributed by atoms with Crippen LogP contribution in [0, 0.1) is 6.92 Å². The van der Waals surface area contributed by atoms with Crippen LogP contribution >= 0.6 is 0 Å². The molecule has 2 aliphatic rings. The van der Waals surface area contributed by atoms with Crippen LogP contribution in [0.1, 0.15) is 36.2 Å². The summed E-state index contributed by atoms with van der Waals surface area (Å²) in [5.74, 6) is 2.45. The fourth-order valence-electron chi connectivity index (χ4n) is 3.02. The van der Waals surface area contributed by atoms with Gasteiger partial charge in [-0.3, -0.25) is 4.79 Å². The van der Waals surface area contributed by atoms with Crippen LogP contribution in [-0.4, -0.2) is 34.3 Å². The van der Waals surface area contributed by atoms with Crippen molar-refractivity contribution in [2.24, 2.45) is 0 Å². The molecule has 2 aromatic rings. The Morgan fingerprint density at radius 2 is 2.21 bits per heavy atom. The molecule has 1 aromatic heterocycles. The van der Waals surface area contributed by atoms with Gasteiger partial charge in [0.05, 0.1) is 0 Å². The fraction of sp³-hybridized carbons (Fsp3) is 0.353. The summed E-state index contributed by atoms with van der Waals surface area (Å²) >= 11 is 0. The molecule has 0 radical (unpaired) electrons. The van der Waals surface area contributed by atoms with Gasteiger partial charge in [-0.15, -0.1) is 0 Å². The third-order valence-electron chi connectivity index (χ3n) is 4.18. The molecular formula is C17H17N3O4. The first kappa shape index (κ1) is 14.7. The number of carbonyl (C=O) groups excluding carboxylic acids is 1. The van der Waals surface area contributed by atoms with Crippen molar-refractivity contribution < 1.29 is 18.8 Å². The fourth-order valence-corrected chi connectivity index (χ4v) is 3.02. The lowest BCUT2D eigenvalue weighted by Crippen LogP contribution is -2.29. The van der Waals surface area contributed by atoms with E-state index in [4.69, 9.17) is 14.0 Å². The minimum atomic E-state index is -0.139. The molecule has 1 amide bonds. The molecule has 3 heterocycles. The Morgan fingerprint density at radius 3 is 3.04 bits per heavy atom. The Morgan fingerprint density at radius 1 is 1.33 bits per heavy atom. The quantitative estimate of drug-likeness (QED) is 0.806. The smallest absolute Gasteiger partial charge is 0.249 e. The normalized spacial score (nSPS) is 19.4. The monoisotopic (exact) mass is 327 g/mol. The molecule has 1 saturated heterocycles. The number of nitrogens with zero attached hydrogens (tertiary/aromatic N) is 3. The van der Waals surface area contributed by atoms with Gasteiger partial charge in [-0.05, 0) is 43.5 Å². The number of likely N-dealkylation sites (tertiary alicyclic amines) is 1. The predicted molar refractivity (Wildman–Crippen MR) is 84.3 cm³/mol. The van der Waals surface area contributed by atoms with Crippen LogP contribution in [-0.2, 0) is 4.79 Å². The molecular weight excluding hydrogens is 310 g/mol. The van der Waals surface area contributed by atoms with Crippen molar-refractivity contribution in [1.29, 1.82) is 0 Å². The Bertz CT molecular complexity index is 799. The first-order chi connectivity index (χ1) is 11.7. The van der Waals surface area contributed by atoms with Crippen molar-refractivity contribution in [3.05, 3.63) is 41.6 Å². The highest BCUT2D eigenvalue weighted by Crippen LogP contribution is 2.33. The van der Waals surface area contributed by atoms with Crippen LogP contribution in [0.25, 0.3) is 6.08 Å². The molecule has 24 heavy (non-hydrogen) atoms. The van der Waals surface area contributed by atoms with Gasteiger partial charge in [0.25, 0.3) is 0 Å². The summed E-state index contributed by atoms with van der Waals surface area (Å²) in [6.07, 6.45) is 5.11. The second-order valence-corrected chi connectivity index (χ2v) is 5.82. The van der Waals surface area contributed by atoms with Gasteiger partial charge < -0.3 is 18.9 Å². The van der Waals surface area contributed by atoms with Gasteiger partial charge in [-0.2, -0.15) is 4.98 Å². The van der Waals surface area contributed by atoms with Crippen LogP contribution < -0.4 is 9.47 Å².